The van der Waals surface area contributed by atoms with Gasteiger partial charge in [-0.3, -0.25) is 14.9 Å². The number of hydrogen-bond acceptors (Lipinski definition) is 7. The Morgan fingerprint density at radius 2 is 1.89 bits per heavy atom. The summed E-state index contributed by atoms with van der Waals surface area (Å²) in [7, 11) is 0. The Balaban J connectivity index is 1.46. The largest absolute Gasteiger partial charge is 0.367 e. The summed E-state index contributed by atoms with van der Waals surface area (Å²) in [5.74, 6) is 0.204. The fourth-order valence-electron chi connectivity index (χ4n) is 2.24. The maximum Gasteiger partial charge on any atom is 0.269 e. The summed E-state index contributed by atoms with van der Waals surface area (Å²) in [4.78, 5) is 26.1. The summed E-state index contributed by atoms with van der Waals surface area (Å²) in [5.41, 5.74) is 1.54. The van der Waals surface area contributed by atoms with E-state index in [-0.39, 0.29) is 36.5 Å². The van der Waals surface area contributed by atoms with Gasteiger partial charge in [0.2, 0.25) is 17.6 Å². The highest BCUT2D eigenvalue weighted by Crippen LogP contribution is 2.19. The summed E-state index contributed by atoms with van der Waals surface area (Å²) in [6.07, 6.45) is 0. The van der Waals surface area contributed by atoms with Gasteiger partial charge in [0.25, 0.3) is 5.69 Å². The molecule has 0 aliphatic heterocycles. The predicted octanol–water partition coefficient (Wildman–Crippen LogP) is 2.48. The molecule has 0 aliphatic rings. The van der Waals surface area contributed by atoms with Gasteiger partial charge in [-0.15, -0.1) is 0 Å². The van der Waals surface area contributed by atoms with Gasteiger partial charge in [0.05, 0.1) is 18.1 Å². The Bertz CT molecular complexity index is 909. The quantitative estimate of drug-likeness (QED) is 0.479. The molecule has 1 N–H and O–H groups in total. The van der Waals surface area contributed by atoms with Crippen LogP contribution >= 0.6 is 0 Å². The average molecular weight is 368 g/mol. The van der Waals surface area contributed by atoms with Gasteiger partial charge >= 0.3 is 0 Å². The van der Waals surface area contributed by atoms with Gasteiger partial charge in [-0.2, -0.15) is 4.98 Å². The van der Waals surface area contributed by atoms with Crippen LogP contribution < -0.4 is 5.32 Å². The highest BCUT2D eigenvalue weighted by molar-refractivity contribution is 5.77. The first-order valence-corrected chi connectivity index (χ1v) is 8.07. The first-order valence-electron chi connectivity index (χ1n) is 8.07. The van der Waals surface area contributed by atoms with E-state index in [2.05, 4.69) is 15.5 Å². The van der Waals surface area contributed by atoms with Gasteiger partial charge < -0.3 is 14.6 Å². The van der Waals surface area contributed by atoms with Crippen LogP contribution in [-0.4, -0.2) is 27.6 Å². The Kier molecular flexibility index (Phi) is 5.85. The summed E-state index contributed by atoms with van der Waals surface area (Å²) >= 11 is 0. The number of nitro benzene ring substituents is 1. The molecule has 9 nitrogen and oxygen atoms in total. The second-order valence-corrected chi connectivity index (χ2v) is 5.57. The van der Waals surface area contributed by atoms with Crippen LogP contribution in [0.1, 0.15) is 11.5 Å². The molecule has 138 valence electrons. The maximum atomic E-state index is 11.8. The van der Waals surface area contributed by atoms with Crippen molar-refractivity contribution in [3.63, 3.8) is 0 Å². The number of carbonyl (C=O) groups is 1. The second-order valence-electron chi connectivity index (χ2n) is 5.57. The molecular formula is C18H16N4O5. The molecule has 0 spiro atoms. The highest BCUT2D eigenvalue weighted by atomic mass is 16.6. The number of nitrogens with one attached hydrogen (secondary N) is 1. The van der Waals surface area contributed by atoms with Crippen molar-refractivity contribution >= 4 is 11.6 Å². The Labute approximate surface area is 154 Å². The second kappa shape index (κ2) is 8.68. The Morgan fingerprint density at radius 3 is 2.59 bits per heavy atom. The Hall–Kier alpha value is -3.59. The third kappa shape index (κ3) is 5.19. The van der Waals surface area contributed by atoms with Gasteiger partial charge in [-0.05, 0) is 17.7 Å². The first kappa shape index (κ1) is 18.2. The lowest BCUT2D eigenvalue weighted by Gasteiger charge is -2.04. The smallest absolute Gasteiger partial charge is 0.269 e. The lowest BCUT2D eigenvalue weighted by atomic mass is 10.2. The molecule has 27 heavy (non-hydrogen) atoms. The van der Waals surface area contributed by atoms with Crippen LogP contribution in [0.3, 0.4) is 0 Å². The molecule has 3 rings (SSSR count). The van der Waals surface area contributed by atoms with Crippen LogP contribution in [-0.2, 0) is 22.7 Å². The van der Waals surface area contributed by atoms with Crippen LogP contribution in [0.15, 0.2) is 59.1 Å². The van der Waals surface area contributed by atoms with Gasteiger partial charge in [0.15, 0.2) is 0 Å². The number of aromatic nitrogens is 2. The van der Waals surface area contributed by atoms with Gasteiger partial charge in [0, 0.05) is 17.7 Å². The minimum atomic E-state index is -0.485. The topological polar surface area (TPSA) is 120 Å². The zero-order chi connectivity index (χ0) is 19.1. The zero-order valence-electron chi connectivity index (χ0n) is 14.2. The van der Waals surface area contributed by atoms with Crippen molar-refractivity contribution in [3.05, 3.63) is 76.2 Å². The molecule has 9 heteroatoms. The van der Waals surface area contributed by atoms with Crippen LogP contribution in [0.25, 0.3) is 11.4 Å². The number of non-ortho nitro benzene ring substituents is 1. The molecule has 3 aromatic rings. The van der Waals surface area contributed by atoms with E-state index in [9.17, 15) is 14.9 Å². The van der Waals surface area contributed by atoms with Crippen molar-refractivity contribution in [2.24, 2.45) is 0 Å². The number of amides is 1. The number of carbonyl (C=O) groups excluding carboxylic acids is 1. The van der Waals surface area contributed by atoms with Crippen LogP contribution in [0, 0.1) is 10.1 Å². The van der Waals surface area contributed by atoms with E-state index in [1.54, 1.807) is 0 Å². The van der Waals surface area contributed by atoms with E-state index >= 15 is 0 Å². The van der Waals surface area contributed by atoms with Crippen LogP contribution in [0.5, 0.6) is 0 Å². The van der Waals surface area contributed by atoms with Gasteiger partial charge in [-0.1, -0.05) is 35.5 Å². The number of benzene rings is 2. The average Bonchev–Trinajstić information content (AvgIpc) is 3.16. The van der Waals surface area contributed by atoms with Crippen molar-refractivity contribution in [1.29, 1.82) is 0 Å². The number of hydrogen-bond donors (Lipinski definition) is 1. The molecule has 0 atom stereocenters. The van der Waals surface area contributed by atoms with E-state index in [0.717, 1.165) is 5.56 Å². The molecule has 1 heterocycles. The molecule has 0 radical (unpaired) electrons. The summed E-state index contributed by atoms with van der Waals surface area (Å²) < 4.78 is 10.4. The van der Waals surface area contributed by atoms with Crippen molar-refractivity contribution in [1.82, 2.24) is 15.5 Å². The molecule has 1 aromatic heterocycles. The van der Waals surface area contributed by atoms with Crippen LogP contribution in [0.4, 0.5) is 5.69 Å². The normalized spacial score (nSPS) is 10.5. The number of nitrogens with zero attached hydrogens (tertiary/aromatic N) is 3. The summed E-state index contributed by atoms with van der Waals surface area (Å²) in [5, 5.41) is 17.1. The van der Waals surface area contributed by atoms with E-state index in [1.807, 2.05) is 30.3 Å². The number of ether oxygens (including phenoxy) is 1. The van der Waals surface area contributed by atoms with Crippen molar-refractivity contribution < 1.29 is 19.0 Å². The molecule has 1 amide bonds. The monoisotopic (exact) mass is 368 g/mol. The molecule has 0 saturated heterocycles. The Morgan fingerprint density at radius 1 is 1.15 bits per heavy atom. The third-order valence-corrected chi connectivity index (χ3v) is 3.59. The lowest BCUT2D eigenvalue weighted by molar-refractivity contribution is -0.384. The first-order chi connectivity index (χ1) is 13.1. The minimum absolute atomic E-state index is 0.0229. The summed E-state index contributed by atoms with van der Waals surface area (Å²) in [6, 6.07) is 15.3. The highest BCUT2D eigenvalue weighted by Gasteiger charge is 2.12. The molecule has 0 unspecified atom stereocenters. The molecule has 2 aromatic carbocycles. The van der Waals surface area contributed by atoms with Gasteiger partial charge in [-0.25, -0.2) is 0 Å². The predicted molar refractivity (Wildman–Crippen MR) is 94.3 cm³/mol. The maximum absolute atomic E-state index is 11.8. The molecule has 0 saturated carbocycles. The fourth-order valence-corrected chi connectivity index (χ4v) is 2.24. The lowest BCUT2D eigenvalue weighted by Crippen LogP contribution is -2.27. The van der Waals surface area contributed by atoms with E-state index < -0.39 is 4.92 Å². The van der Waals surface area contributed by atoms with E-state index in [4.69, 9.17) is 9.26 Å². The summed E-state index contributed by atoms with van der Waals surface area (Å²) in [6.45, 7) is 0.324. The molecular weight excluding hydrogens is 352 g/mol. The molecule has 0 bridgehead atoms. The third-order valence-electron chi connectivity index (χ3n) is 3.59. The van der Waals surface area contributed by atoms with Crippen molar-refractivity contribution in [2.75, 3.05) is 6.61 Å². The van der Waals surface area contributed by atoms with E-state index in [1.165, 1.54) is 24.3 Å². The van der Waals surface area contributed by atoms with Crippen molar-refractivity contribution in [3.8, 4) is 11.4 Å². The standard InChI is InChI=1S/C18H16N4O5/c23-16(12-26-11-13-4-2-1-3-5-13)19-10-17-20-18(21-27-17)14-6-8-15(9-7-14)22(24)25/h1-9H,10-12H2,(H,19,23). The number of rotatable bonds is 8. The zero-order valence-corrected chi connectivity index (χ0v) is 14.2. The fraction of sp³-hybridized carbons (Fsp3) is 0.167. The van der Waals surface area contributed by atoms with Crippen LogP contribution in [0.2, 0.25) is 0 Å². The van der Waals surface area contributed by atoms with Gasteiger partial charge in [0.1, 0.15) is 6.61 Å². The molecule has 0 fully saturated rings. The number of nitro groups is 1. The van der Waals surface area contributed by atoms with E-state index in [0.29, 0.717) is 12.2 Å². The molecule has 0 aliphatic carbocycles. The van der Waals surface area contributed by atoms with Crippen molar-refractivity contribution in [2.45, 2.75) is 13.2 Å². The minimum Gasteiger partial charge on any atom is -0.367 e. The SMILES string of the molecule is O=C(COCc1ccccc1)NCc1nc(-c2ccc([N+](=O)[O-])cc2)no1.